The summed E-state index contributed by atoms with van der Waals surface area (Å²) in [6, 6.07) is -0.662. The highest BCUT2D eigenvalue weighted by Crippen LogP contribution is 2.24. The third-order valence-electron chi connectivity index (χ3n) is 3.65. The molecule has 0 spiro atoms. The van der Waals surface area contributed by atoms with Crippen molar-refractivity contribution in [2.45, 2.75) is 51.4 Å². The quantitative estimate of drug-likeness (QED) is 0.682. The van der Waals surface area contributed by atoms with Crippen LogP contribution in [0.1, 0.15) is 33.6 Å². The van der Waals surface area contributed by atoms with Crippen LogP contribution in [0.15, 0.2) is 0 Å². The Kier molecular flexibility index (Phi) is 7.98. The summed E-state index contributed by atoms with van der Waals surface area (Å²) in [5.74, 6) is 0. The number of hydrogen-bond acceptors (Lipinski definition) is 5. The summed E-state index contributed by atoms with van der Waals surface area (Å²) in [6.45, 7) is 4.20. The maximum absolute atomic E-state index is 12.8. The molecule has 0 bridgehead atoms. The van der Waals surface area contributed by atoms with Crippen molar-refractivity contribution in [2.24, 2.45) is 0 Å². The van der Waals surface area contributed by atoms with Crippen molar-refractivity contribution >= 4 is 12.2 Å². The normalized spacial score (nSPS) is 16.3. The fourth-order valence-corrected chi connectivity index (χ4v) is 2.52. The monoisotopic (exact) mass is 384 g/mol. The topological polar surface area (TPSA) is 68.3 Å². The molecule has 0 aromatic carbocycles. The number of ether oxygens (including phenoxy) is 3. The van der Waals surface area contributed by atoms with Gasteiger partial charge >= 0.3 is 18.4 Å². The van der Waals surface area contributed by atoms with Crippen molar-refractivity contribution in [3.63, 3.8) is 0 Å². The minimum atomic E-state index is -4.54. The fourth-order valence-electron chi connectivity index (χ4n) is 2.52. The van der Waals surface area contributed by atoms with Gasteiger partial charge in [0, 0.05) is 26.2 Å². The third-order valence-corrected chi connectivity index (χ3v) is 3.65. The largest absolute Gasteiger partial charge is 0.447 e. The lowest BCUT2D eigenvalue weighted by Gasteiger charge is -2.38. The number of rotatable bonds is 5. The first-order valence-electron chi connectivity index (χ1n) is 8.40. The van der Waals surface area contributed by atoms with E-state index >= 15 is 0 Å². The first-order chi connectivity index (χ1) is 11.9. The first-order valence-corrected chi connectivity index (χ1v) is 8.40. The van der Waals surface area contributed by atoms with Crippen LogP contribution in [0.4, 0.5) is 22.8 Å². The molecule has 0 saturated carbocycles. The predicted molar refractivity (Wildman–Crippen MR) is 86.8 cm³/mol. The van der Waals surface area contributed by atoms with Crippen molar-refractivity contribution < 1.29 is 37.0 Å². The van der Waals surface area contributed by atoms with Crippen molar-refractivity contribution in [1.29, 1.82) is 0 Å². The third kappa shape index (κ3) is 8.11. The number of halogens is 3. The van der Waals surface area contributed by atoms with Crippen LogP contribution in [0.3, 0.4) is 0 Å². The Morgan fingerprint density at radius 3 is 2.15 bits per heavy atom. The van der Waals surface area contributed by atoms with E-state index in [1.807, 2.05) is 0 Å². The Morgan fingerprint density at radius 2 is 1.69 bits per heavy atom. The zero-order valence-corrected chi connectivity index (χ0v) is 15.6. The molecule has 1 rings (SSSR count). The van der Waals surface area contributed by atoms with Crippen LogP contribution in [0.5, 0.6) is 0 Å². The smallest absolute Gasteiger partial charge is 0.410 e. The van der Waals surface area contributed by atoms with E-state index in [0.717, 1.165) is 0 Å². The van der Waals surface area contributed by atoms with E-state index in [-0.39, 0.29) is 39.1 Å². The molecule has 0 aliphatic carbocycles. The highest BCUT2D eigenvalue weighted by molar-refractivity contribution is 5.69. The van der Waals surface area contributed by atoms with Crippen LogP contribution >= 0.6 is 0 Å². The van der Waals surface area contributed by atoms with E-state index in [4.69, 9.17) is 14.2 Å². The summed E-state index contributed by atoms with van der Waals surface area (Å²) in [4.78, 5) is 26.2. The second-order valence-electron chi connectivity index (χ2n) is 7.05. The summed E-state index contributed by atoms with van der Waals surface area (Å²) < 4.78 is 53.3. The molecule has 0 N–H and O–H groups in total. The van der Waals surface area contributed by atoms with Crippen LogP contribution in [0, 0.1) is 0 Å². The second kappa shape index (κ2) is 9.29. The number of carbonyl (C=O) groups excluding carboxylic acids is 2. The van der Waals surface area contributed by atoms with Gasteiger partial charge < -0.3 is 19.1 Å². The average Bonchev–Trinajstić information content (AvgIpc) is 2.50. The summed E-state index contributed by atoms with van der Waals surface area (Å²) in [6.07, 6.45) is -5.65. The standard InChI is InChI=1S/C16H27F3N2O5/c1-15(2,3)26-13(22)20-7-5-12(6-8-20)21(11-16(17,18)19)14(23)25-10-9-24-4/h12H,5-11H2,1-4H3. The van der Waals surface area contributed by atoms with E-state index in [2.05, 4.69) is 0 Å². The summed E-state index contributed by atoms with van der Waals surface area (Å²) in [5.41, 5.74) is -0.651. The minimum Gasteiger partial charge on any atom is -0.447 e. The number of piperidine rings is 1. The molecule has 1 aliphatic heterocycles. The fraction of sp³-hybridized carbons (Fsp3) is 0.875. The van der Waals surface area contributed by atoms with E-state index in [9.17, 15) is 22.8 Å². The maximum atomic E-state index is 12.8. The number of amides is 2. The Morgan fingerprint density at radius 1 is 1.12 bits per heavy atom. The highest BCUT2D eigenvalue weighted by atomic mass is 19.4. The lowest BCUT2D eigenvalue weighted by molar-refractivity contribution is -0.148. The van der Waals surface area contributed by atoms with Crippen molar-refractivity contribution in [2.75, 3.05) is 40.0 Å². The highest BCUT2D eigenvalue weighted by Gasteiger charge is 2.39. The number of nitrogens with zero attached hydrogens (tertiary/aromatic N) is 2. The van der Waals surface area contributed by atoms with Gasteiger partial charge in [0.15, 0.2) is 0 Å². The van der Waals surface area contributed by atoms with Crippen LogP contribution in [-0.4, -0.2) is 79.8 Å². The van der Waals surface area contributed by atoms with E-state index < -0.39 is 36.6 Å². The van der Waals surface area contributed by atoms with Gasteiger partial charge in [0.25, 0.3) is 0 Å². The molecule has 1 aliphatic rings. The van der Waals surface area contributed by atoms with Gasteiger partial charge in [0.2, 0.25) is 0 Å². The van der Waals surface area contributed by atoms with Gasteiger partial charge in [-0.25, -0.2) is 9.59 Å². The van der Waals surface area contributed by atoms with Crippen molar-refractivity contribution in [3.05, 3.63) is 0 Å². The number of carbonyl (C=O) groups is 2. The van der Waals surface area contributed by atoms with E-state index in [0.29, 0.717) is 4.90 Å². The Bertz CT molecular complexity index is 471. The van der Waals surface area contributed by atoms with Crippen molar-refractivity contribution in [1.82, 2.24) is 9.80 Å². The molecule has 0 radical (unpaired) electrons. The molecule has 1 saturated heterocycles. The molecule has 26 heavy (non-hydrogen) atoms. The molecular weight excluding hydrogens is 357 g/mol. The number of hydrogen-bond donors (Lipinski definition) is 0. The Labute approximate surface area is 151 Å². The van der Waals surface area contributed by atoms with Crippen LogP contribution < -0.4 is 0 Å². The van der Waals surface area contributed by atoms with Gasteiger partial charge in [-0.1, -0.05) is 0 Å². The minimum absolute atomic E-state index is 0.0999. The summed E-state index contributed by atoms with van der Waals surface area (Å²) >= 11 is 0. The van der Waals surface area contributed by atoms with Crippen molar-refractivity contribution in [3.8, 4) is 0 Å². The Balaban J connectivity index is 2.66. The van der Waals surface area contributed by atoms with Gasteiger partial charge in [-0.15, -0.1) is 0 Å². The van der Waals surface area contributed by atoms with E-state index in [1.165, 1.54) is 12.0 Å². The molecule has 1 fully saturated rings. The molecule has 0 unspecified atom stereocenters. The molecule has 0 aromatic rings. The molecule has 7 nitrogen and oxygen atoms in total. The van der Waals surface area contributed by atoms with Gasteiger partial charge in [0.05, 0.1) is 6.61 Å². The molecule has 2 amide bonds. The first kappa shape index (κ1) is 22.3. The SMILES string of the molecule is COCCOC(=O)N(CC(F)(F)F)C1CCN(C(=O)OC(C)(C)C)CC1. The van der Waals surface area contributed by atoms with E-state index in [1.54, 1.807) is 20.8 Å². The number of alkyl halides is 3. The molecular formula is C16H27F3N2O5. The van der Waals surface area contributed by atoms with Crippen LogP contribution in [0.2, 0.25) is 0 Å². The molecule has 0 atom stereocenters. The zero-order valence-electron chi connectivity index (χ0n) is 15.6. The van der Waals surface area contributed by atoms with Gasteiger partial charge in [-0.05, 0) is 33.6 Å². The molecule has 1 heterocycles. The Hall–Kier alpha value is -1.71. The number of likely N-dealkylation sites (tertiary alicyclic amines) is 1. The molecule has 152 valence electrons. The molecule has 0 aromatic heterocycles. The zero-order chi connectivity index (χ0) is 20.0. The average molecular weight is 384 g/mol. The molecule has 10 heteroatoms. The summed E-state index contributed by atoms with van der Waals surface area (Å²) in [7, 11) is 1.40. The maximum Gasteiger partial charge on any atom is 0.410 e. The lowest BCUT2D eigenvalue weighted by atomic mass is 10.0. The van der Waals surface area contributed by atoms with Crippen LogP contribution in [0.25, 0.3) is 0 Å². The van der Waals surface area contributed by atoms with Crippen LogP contribution in [-0.2, 0) is 14.2 Å². The van der Waals surface area contributed by atoms with Gasteiger partial charge in [0.1, 0.15) is 18.8 Å². The number of methoxy groups -OCH3 is 1. The van der Waals surface area contributed by atoms with Gasteiger partial charge in [-0.2, -0.15) is 13.2 Å². The lowest BCUT2D eigenvalue weighted by Crippen LogP contribution is -2.52. The predicted octanol–water partition coefficient (Wildman–Crippen LogP) is 3.03. The summed E-state index contributed by atoms with van der Waals surface area (Å²) in [5, 5.41) is 0. The van der Waals surface area contributed by atoms with Gasteiger partial charge in [-0.3, -0.25) is 4.90 Å². The second-order valence-corrected chi connectivity index (χ2v) is 7.05.